The highest BCUT2D eigenvalue weighted by atomic mass is 35.5. The molecule has 0 aromatic heterocycles. The molecule has 0 aliphatic carbocycles. The lowest BCUT2D eigenvalue weighted by Gasteiger charge is -2.12. The van der Waals surface area contributed by atoms with Gasteiger partial charge in [-0.2, -0.15) is 0 Å². The van der Waals surface area contributed by atoms with Gasteiger partial charge in [-0.05, 0) is 43.3 Å². The van der Waals surface area contributed by atoms with E-state index in [2.05, 4.69) is 10.0 Å². The number of carbonyl (C=O) groups is 1. The van der Waals surface area contributed by atoms with Crippen LogP contribution >= 0.6 is 11.6 Å². The molecule has 7 heteroatoms. The van der Waals surface area contributed by atoms with E-state index in [4.69, 9.17) is 11.6 Å². The SMILES string of the molecule is CCS(=O)(=O)Nc1ccccc1C(=O)Nc1ccc(Cl)cc1. The first-order valence-corrected chi connectivity index (χ1v) is 8.61. The molecule has 22 heavy (non-hydrogen) atoms. The van der Waals surface area contributed by atoms with Crippen molar-refractivity contribution in [1.29, 1.82) is 0 Å². The summed E-state index contributed by atoms with van der Waals surface area (Å²) in [6.45, 7) is 1.53. The zero-order chi connectivity index (χ0) is 16.2. The summed E-state index contributed by atoms with van der Waals surface area (Å²) in [6, 6.07) is 13.1. The van der Waals surface area contributed by atoms with Gasteiger partial charge in [0, 0.05) is 10.7 Å². The molecule has 0 radical (unpaired) electrons. The van der Waals surface area contributed by atoms with Gasteiger partial charge in [0.05, 0.1) is 17.0 Å². The molecule has 0 aliphatic heterocycles. The van der Waals surface area contributed by atoms with Gasteiger partial charge in [-0.1, -0.05) is 23.7 Å². The Kier molecular flexibility index (Phi) is 5.05. The number of benzene rings is 2. The number of hydrogen-bond donors (Lipinski definition) is 2. The second-order valence-electron chi connectivity index (χ2n) is 4.51. The zero-order valence-electron chi connectivity index (χ0n) is 11.8. The number of nitrogens with one attached hydrogen (secondary N) is 2. The van der Waals surface area contributed by atoms with Crippen LogP contribution in [0.4, 0.5) is 11.4 Å². The van der Waals surface area contributed by atoms with Crippen molar-refractivity contribution >= 4 is 38.9 Å². The second-order valence-corrected chi connectivity index (χ2v) is 6.96. The van der Waals surface area contributed by atoms with Crippen LogP contribution in [0.25, 0.3) is 0 Å². The maximum Gasteiger partial charge on any atom is 0.257 e. The molecule has 2 N–H and O–H groups in total. The van der Waals surface area contributed by atoms with E-state index in [0.717, 1.165) is 0 Å². The Labute approximate surface area is 134 Å². The van der Waals surface area contributed by atoms with Gasteiger partial charge in [-0.25, -0.2) is 8.42 Å². The summed E-state index contributed by atoms with van der Waals surface area (Å²) in [5, 5.41) is 3.26. The molecular formula is C15H15ClN2O3S. The molecule has 0 aliphatic rings. The Morgan fingerprint density at radius 3 is 2.36 bits per heavy atom. The molecule has 0 unspecified atom stereocenters. The summed E-state index contributed by atoms with van der Waals surface area (Å²) in [4.78, 5) is 12.3. The third-order valence-electron chi connectivity index (χ3n) is 2.92. The van der Waals surface area contributed by atoms with Crippen molar-refractivity contribution in [2.24, 2.45) is 0 Å². The first kappa shape index (κ1) is 16.3. The summed E-state index contributed by atoms with van der Waals surface area (Å²) in [7, 11) is -3.45. The van der Waals surface area contributed by atoms with Crippen LogP contribution < -0.4 is 10.0 Å². The molecule has 0 saturated heterocycles. The van der Waals surface area contributed by atoms with Crippen LogP contribution in [-0.4, -0.2) is 20.1 Å². The average molecular weight is 339 g/mol. The van der Waals surface area contributed by atoms with E-state index in [-0.39, 0.29) is 17.0 Å². The molecule has 2 rings (SSSR count). The Bertz CT molecular complexity index is 774. The number of halogens is 1. The number of amides is 1. The third-order valence-corrected chi connectivity index (χ3v) is 4.46. The van der Waals surface area contributed by atoms with Crippen molar-refractivity contribution in [3.8, 4) is 0 Å². The summed E-state index contributed by atoms with van der Waals surface area (Å²) >= 11 is 5.79. The van der Waals surface area contributed by atoms with Crippen LogP contribution in [0.15, 0.2) is 48.5 Å². The minimum atomic E-state index is -3.45. The molecule has 0 spiro atoms. The minimum absolute atomic E-state index is 0.0693. The molecule has 1 amide bonds. The number of rotatable bonds is 5. The standard InChI is InChI=1S/C15H15ClN2O3S/c1-2-22(20,21)18-14-6-4-3-5-13(14)15(19)17-12-9-7-11(16)8-10-12/h3-10,18H,2H2,1H3,(H,17,19). The van der Waals surface area contributed by atoms with E-state index in [0.29, 0.717) is 10.7 Å². The van der Waals surface area contributed by atoms with Gasteiger partial charge in [0.25, 0.3) is 5.91 Å². The smallest absolute Gasteiger partial charge is 0.257 e. The molecule has 0 atom stereocenters. The molecule has 2 aromatic rings. The van der Waals surface area contributed by atoms with E-state index >= 15 is 0 Å². The highest BCUT2D eigenvalue weighted by Gasteiger charge is 2.15. The predicted molar refractivity (Wildman–Crippen MR) is 88.9 cm³/mol. The molecule has 5 nitrogen and oxygen atoms in total. The first-order chi connectivity index (χ1) is 10.4. The summed E-state index contributed by atoms with van der Waals surface area (Å²) in [6.07, 6.45) is 0. The van der Waals surface area contributed by atoms with Crippen molar-refractivity contribution in [3.05, 3.63) is 59.1 Å². The quantitative estimate of drug-likeness (QED) is 0.877. The van der Waals surface area contributed by atoms with Gasteiger partial charge in [-0.3, -0.25) is 9.52 Å². The van der Waals surface area contributed by atoms with Crippen LogP contribution in [0.1, 0.15) is 17.3 Å². The van der Waals surface area contributed by atoms with Crippen molar-refractivity contribution in [1.82, 2.24) is 0 Å². The zero-order valence-corrected chi connectivity index (χ0v) is 13.4. The Morgan fingerprint density at radius 2 is 1.73 bits per heavy atom. The fourth-order valence-electron chi connectivity index (χ4n) is 1.74. The minimum Gasteiger partial charge on any atom is -0.322 e. The van der Waals surface area contributed by atoms with E-state index in [9.17, 15) is 13.2 Å². The molecule has 0 heterocycles. The number of hydrogen-bond acceptors (Lipinski definition) is 3. The third kappa shape index (κ3) is 4.22. The number of carbonyl (C=O) groups excluding carboxylic acids is 1. The largest absolute Gasteiger partial charge is 0.322 e. The normalized spacial score (nSPS) is 11.0. The van der Waals surface area contributed by atoms with Gasteiger partial charge >= 0.3 is 0 Å². The number of anilines is 2. The van der Waals surface area contributed by atoms with Crippen molar-refractivity contribution in [3.63, 3.8) is 0 Å². The highest BCUT2D eigenvalue weighted by Crippen LogP contribution is 2.19. The molecule has 0 saturated carbocycles. The van der Waals surface area contributed by atoms with Crippen LogP contribution in [0, 0.1) is 0 Å². The lowest BCUT2D eigenvalue weighted by atomic mass is 10.1. The van der Waals surface area contributed by atoms with Crippen molar-refractivity contribution in [2.75, 3.05) is 15.8 Å². The van der Waals surface area contributed by atoms with Gasteiger partial charge in [-0.15, -0.1) is 0 Å². The molecule has 0 bridgehead atoms. The Balaban J connectivity index is 2.24. The van der Waals surface area contributed by atoms with E-state index in [1.54, 1.807) is 48.5 Å². The molecule has 2 aromatic carbocycles. The second kappa shape index (κ2) is 6.81. The lowest BCUT2D eigenvalue weighted by Crippen LogP contribution is -2.19. The van der Waals surface area contributed by atoms with Crippen molar-refractivity contribution in [2.45, 2.75) is 6.92 Å². The van der Waals surface area contributed by atoms with Crippen LogP contribution in [0.3, 0.4) is 0 Å². The first-order valence-electron chi connectivity index (χ1n) is 6.58. The molecule has 116 valence electrons. The Hall–Kier alpha value is -2.05. The maximum atomic E-state index is 12.3. The van der Waals surface area contributed by atoms with Crippen LogP contribution in [-0.2, 0) is 10.0 Å². The van der Waals surface area contributed by atoms with Gasteiger partial charge in [0.1, 0.15) is 0 Å². The van der Waals surface area contributed by atoms with Gasteiger partial charge in [0.15, 0.2) is 0 Å². The molecular weight excluding hydrogens is 324 g/mol. The predicted octanol–water partition coefficient (Wildman–Crippen LogP) is 3.35. The van der Waals surface area contributed by atoms with Crippen LogP contribution in [0.5, 0.6) is 0 Å². The fraction of sp³-hybridized carbons (Fsp3) is 0.133. The van der Waals surface area contributed by atoms with Gasteiger partial charge in [0.2, 0.25) is 10.0 Å². The summed E-state index contributed by atoms with van der Waals surface area (Å²) in [5.74, 6) is -0.475. The van der Waals surface area contributed by atoms with E-state index in [1.165, 1.54) is 6.92 Å². The highest BCUT2D eigenvalue weighted by molar-refractivity contribution is 7.92. The monoisotopic (exact) mass is 338 g/mol. The average Bonchev–Trinajstić information content (AvgIpc) is 2.50. The van der Waals surface area contributed by atoms with E-state index < -0.39 is 15.9 Å². The fourth-order valence-corrected chi connectivity index (χ4v) is 2.52. The molecule has 0 fully saturated rings. The lowest BCUT2D eigenvalue weighted by molar-refractivity contribution is 0.102. The summed E-state index contributed by atoms with van der Waals surface area (Å²) in [5.41, 5.74) is 1.06. The number of sulfonamides is 1. The summed E-state index contributed by atoms with van der Waals surface area (Å²) < 4.78 is 25.8. The van der Waals surface area contributed by atoms with Crippen molar-refractivity contribution < 1.29 is 13.2 Å². The maximum absolute atomic E-state index is 12.3. The van der Waals surface area contributed by atoms with E-state index in [1.807, 2.05) is 0 Å². The van der Waals surface area contributed by atoms with Crippen LogP contribution in [0.2, 0.25) is 5.02 Å². The Morgan fingerprint density at radius 1 is 1.09 bits per heavy atom. The topological polar surface area (TPSA) is 75.3 Å². The number of para-hydroxylation sites is 1. The van der Waals surface area contributed by atoms with Gasteiger partial charge < -0.3 is 5.32 Å².